The summed E-state index contributed by atoms with van der Waals surface area (Å²) in [6.07, 6.45) is 1.14. The minimum absolute atomic E-state index is 0.0197. The smallest absolute Gasteiger partial charge is 0.246 e. The van der Waals surface area contributed by atoms with E-state index in [-0.39, 0.29) is 32.1 Å². The Labute approximate surface area is 145 Å². The average molecular weight is 378 g/mol. The van der Waals surface area contributed by atoms with E-state index in [1.807, 2.05) is 13.8 Å². The van der Waals surface area contributed by atoms with Gasteiger partial charge in [0, 0.05) is 32.6 Å². The molecule has 1 saturated heterocycles. The molecule has 1 aromatic carbocycles. The van der Waals surface area contributed by atoms with Gasteiger partial charge in [0.25, 0.3) is 0 Å². The number of sulfonamides is 1. The lowest BCUT2D eigenvalue weighted by Gasteiger charge is -2.34. The van der Waals surface area contributed by atoms with Crippen LogP contribution in [0.1, 0.15) is 26.7 Å². The summed E-state index contributed by atoms with van der Waals surface area (Å²) in [5.41, 5.74) is 0. The maximum atomic E-state index is 13.8. The van der Waals surface area contributed by atoms with Crippen LogP contribution in [0.15, 0.2) is 17.0 Å². The predicted octanol–water partition coefficient (Wildman–Crippen LogP) is 2.37. The van der Waals surface area contributed by atoms with E-state index in [4.69, 9.17) is 0 Å². The summed E-state index contributed by atoms with van der Waals surface area (Å²) in [5, 5.41) is 0. The molecule has 1 heterocycles. The van der Waals surface area contributed by atoms with Gasteiger partial charge in [0.05, 0.1) is 0 Å². The molecule has 0 atom stereocenters. The van der Waals surface area contributed by atoms with Gasteiger partial charge in [-0.05, 0) is 24.5 Å². The van der Waals surface area contributed by atoms with Crippen LogP contribution < -0.4 is 0 Å². The Morgan fingerprint density at radius 1 is 1.08 bits per heavy atom. The number of carbonyl (C=O) groups is 1. The predicted molar refractivity (Wildman–Crippen MR) is 85.7 cm³/mol. The fraction of sp³-hybridized carbons (Fsp3) is 0.562. The summed E-state index contributed by atoms with van der Waals surface area (Å²) in [6.45, 7) is 4.34. The van der Waals surface area contributed by atoms with E-state index in [0.717, 1.165) is 10.7 Å². The van der Waals surface area contributed by atoms with E-state index in [9.17, 15) is 26.4 Å². The van der Waals surface area contributed by atoms with Crippen molar-refractivity contribution in [3.8, 4) is 0 Å². The highest BCUT2D eigenvalue weighted by atomic mass is 32.2. The number of halogens is 3. The molecule has 140 valence electrons. The number of amides is 1. The highest BCUT2D eigenvalue weighted by molar-refractivity contribution is 7.89. The lowest BCUT2D eigenvalue weighted by Crippen LogP contribution is -2.50. The number of nitrogens with zero attached hydrogens (tertiary/aromatic N) is 2. The van der Waals surface area contributed by atoms with E-state index in [2.05, 4.69) is 0 Å². The van der Waals surface area contributed by atoms with E-state index < -0.39 is 32.4 Å². The largest absolute Gasteiger partial charge is 0.340 e. The maximum absolute atomic E-state index is 13.8. The third kappa shape index (κ3) is 4.33. The number of piperazine rings is 1. The fourth-order valence-electron chi connectivity index (χ4n) is 2.59. The van der Waals surface area contributed by atoms with Gasteiger partial charge in [-0.15, -0.1) is 0 Å². The number of rotatable bonds is 5. The minimum Gasteiger partial charge on any atom is -0.340 e. The van der Waals surface area contributed by atoms with E-state index in [1.54, 1.807) is 4.90 Å². The minimum atomic E-state index is -4.29. The van der Waals surface area contributed by atoms with Gasteiger partial charge in [-0.25, -0.2) is 21.6 Å². The zero-order chi connectivity index (χ0) is 18.8. The summed E-state index contributed by atoms with van der Waals surface area (Å²) >= 11 is 0. The van der Waals surface area contributed by atoms with E-state index >= 15 is 0 Å². The Kier molecular flexibility index (Phi) is 6.10. The molecule has 0 saturated carbocycles. The van der Waals surface area contributed by atoms with Crippen molar-refractivity contribution >= 4 is 15.9 Å². The molecule has 25 heavy (non-hydrogen) atoms. The lowest BCUT2D eigenvalue weighted by atomic mass is 10.1. The van der Waals surface area contributed by atoms with Crippen LogP contribution in [-0.4, -0.2) is 49.7 Å². The standard InChI is InChI=1S/C16H21F3N2O3S/c1-11(2)3-6-14(22)20-7-9-21(10-8-20)25(23,24)13-5-4-12(17)15(18)16(13)19/h4-5,11H,3,6-10H2,1-2H3. The van der Waals surface area contributed by atoms with E-state index in [0.29, 0.717) is 24.5 Å². The van der Waals surface area contributed by atoms with Gasteiger partial charge in [-0.2, -0.15) is 4.31 Å². The van der Waals surface area contributed by atoms with Crippen molar-refractivity contribution in [3.05, 3.63) is 29.6 Å². The van der Waals surface area contributed by atoms with Crippen molar-refractivity contribution in [2.45, 2.75) is 31.6 Å². The molecule has 5 nitrogen and oxygen atoms in total. The molecule has 0 aliphatic carbocycles. The number of hydrogen-bond donors (Lipinski definition) is 0. The third-order valence-corrected chi connectivity index (χ3v) is 6.06. The van der Waals surface area contributed by atoms with Crippen LogP contribution in [0.25, 0.3) is 0 Å². The molecular weight excluding hydrogens is 357 g/mol. The van der Waals surface area contributed by atoms with Gasteiger partial charge in [0.2, 0.25) is 15.9 Å². The van der Waals surface area contributed by atoms with Gasteiger partial charge in [0.1, 0.15) is 4.90 Å². The molecule has 2 rings (SSSR count). The van der Waals surface area contributed by atoms with Crippen LogP contribution in [0.5, 0.6) is 0 Å². The van der Waals surface area contributed by atoms with Gasteiger partial charge in [-0.1, -0.05) is 13.8 Å². The van der Waals surface area contributed by atoms with Crippen molar-refractivity contribution in [2.75, 3.05) is 26.2 Å². The second-order valence-corrected chi connectivity index (χ2v) is 8.30. The molecule has 0 unspecified atom stereocenters. The summed E-state index contributed by atoms with van der Waals surface area (Å²) in [6, 6.07) is 1.29. The Morgan fingerprint density at radius 2 is 1.68 bits per heavy atom. The normalized spacial score (nSPS) is 16.5. The number of benzene rings is 1. The molecule has 1 fully saturated rings. The zero-order valence-corrected chi connectivity index (χ0v) is 15.0. The summed E-state index contributed by atoms with van der Waals surface area (Å²) < 4.78 is 66.0. The zero-order valence-electron chi connectivity index (χ0n) is 14.1. The Balaban J connectivity index is 2.07. The van der Waals surface area contributed by atoms with Crippen LogP contribution in [0, 0.1) is 23.4 Å². The molecule has 0 spiro atoms. The quantitative estimate of drug-likeness (QED) is 0.739. The maximum Gasteiger partial charge on any atom is 0.246 e. The highest BCUT2D eigenvalue weighted by Gasteiger charge is 2.33. The lowest BCUT2D eigenvalue weighted by molar-refractivity contribution is -0.132. The molecule has 1 aliphatic heterocycles. The second kappa shape index (κ2) is 7.74. The van der Waals surface area contributed by atoms with E-state index in [1.165, 1.54) is 0 Å². The van der Waals surface area contributed by atoms with Crippen molar-refractivity contribution in [1.29, 1.82) is 0 Å². The molecule has 0 radical (unpaired) electrons. The third-order valence-electron chi connectivity index (χ3n) is 4.14. The topological polar surface area (TPSA) is 57.7 Å². The molecule has 1 aliphatic rings. The van der Waals surface area contributed by atoms with Crippen molar-refractivity contribution in [2.24, 2.45) is 5.92 Å². The SMILES string of the molecule is CC(C)CCC(=O)N1CCN(S(=O)(=O)c2ccc(F)c(F)c2F)CC1. The summed E-state index contributed by atoms with van der Waals surface area (Å²) in [4.78, 5) is 12.7. The van der Waals surface area contributed by atoms with Crippen LogP contribution in [0.2, 0.25) is 0 Å². The second-order valence-electron chi connectivity index (χ2n) is 6.39. The first-order valence-corrected chi connectivity index (χ1v) is 9.50. The molecule has 9 heteroatoms. The first-order chi connectivity index (χ1) is 11.6. The first kappa shape index (κ1) is 19.7. The molecule has 1 amide bonds. The van der Waals surface area contributed by atoms with Gasteiger partial charge >= 0.3 is 0 Å². The Hall–Kier alpha value is -1.61. The highest BCUT2D eigenvalue weighted by Crippen LogP contribution is 2.24. The van der Waals surface area contributed by atoms with Crippen LogP contribution in [0.3, 0.4) is 0 Å². The van der Waals surface area contributed by atoms with Crippen LogP contribution in [-0.2, 0) is 14.8 Å². The Bertz CT molecular complexity index is 745. The van der Waals surface area contributed by atoms with Crippen molar-refractivity contribution in [1.82, 2.24) is 9.21 Å². The Morgan fingerprint density at radius 3 is 2.24 bits per heavy atom. The first-order valence-electron chi connectivity index (χ1n) is 8.06. The molecule has 0 aromatic heterocycles. The van der Waals surface area contributed by atoms with Crippen molar-refractivity contribution in [3.63, 3.8) is 0 Å². The van der Waals surface area contributed by atoms with Gasteiger partial charge in [-0.3, -0.25) is 4.79 Å². The fourth-order valence-corrected chi connectivity index (χ4v) is 4.07. The molecule has 1 aromatic rings. The van der Waals surface area contributed by atoms with Gasteiger partial charge in [0.15, 0.2) is 17.5 Å². The van der Waals surface area contributed by atoms with Crippen LogP contribution >= 0.6 is 0 Å². The van der Waals surface area contributed by atoms with Crippen molar-refractivity contribution < 1.29 is 26.4 Å². The monoisotopic (exact) mass is 378 g/mol. The summed E-state index contributed by atoms with van der Waals surface area (Å²) in [5.74, 6) is -4.65. The molecular formula is C16H21F3N2O3S. The number of hydrogen-bond acceptors (Lipinski definition) is 3. The van der Waals surface area contributed by atoms with Crippen LogP contribution in [0.4, 0.5) is 13.2 Å². The summed E-state index contributed by atoms with van der Waals surface area (Å²) in [7, 11) is -4.29. The number of carbonyl (C=O) groups excluding carboxylic acids is 1. The molecule has 0 bridgehead atoms. The van der Waals surface area contributed by atoms with Gasteiger partial charge < -0.3 is 4.90 Å². The average Bonchev–Trinajstić information content (AvgIpc) is 2.57. The molecule has 0 N–H and O–H groups in total.